The summed E-state index contributed by atoms with van der Waals surface area (Å²) in [5, 5.41) is 0. The maximum atomic E-state index is 9.45. The highest BCUT2D eigenvalue weighted by atomic mass is 32.8. The molecule has 64 valence electrons. The monoisotopic (exact) mass is 222 g/mol. The van der Waals surface area contributed by atoms with Crippen molar-refractivity contribution in [1.82, 2.24) is 0 Å². The van der Waals surface area contributed by atoms with Crippen molar-refractivity contribution in [1.29, 1.82) is 0 Å². The Hall–Kier alpha value is 0.660. The lowest BCUT2D eigenvalue weighted by molar-refractivity contribution is 0.539. The van der Waals surface area contributed by atoms with Gasteiger partial charge in [-0.05, 0) is 39.9 Å². The lowest BCUT2D eigenvalue weighted by atomic mass is 12.0. The maximum Gasteiger partial charge on any atom is 0.00199 e. The summed E-state index contributed by atoms with van der Waals surface area (Å²) in [6.07, 6.45) is 1.95. The summed E-state index contributed by atoms with van der Waals surface area (Å²) < 4.78 is 37.8. The summed E-state index contributed by atoms with van der Waals surface area (Å²) in [7, 11) is -6.17. The zero-order valence-electron chi connectivity index (χ0n) is 5.27. The van der Waals surface area contributed by atoms with Crippen LogP contribution in [0.5, 0.6) is 0 Å². The first kappa shape index (κ1) is 13.3. The average molecular weight is 222 g/mol. The molecule has 0 saturated carbocycles. The van der Waals surface area contributed by atoms with Crippen molar-refractivity contribution in [2.45, 2.75) is 0 Å². The van der Waals surface area contributed by atoms with Crippen LogP contribution >= 0.6 is 0 Å². The third kappa shape index (κ3) is 1170. The van der Waals surface area contributed by atoms with Gasteiger partial charge in [0.15, 0.2) is 0 Å². The normalized spacial score (nSPS) is 21.2. The Labute approximate surface area is 70.0 Å². The van der Waals surface area contributed by atoms with Gasteiger partial charge < -0.3 is 9.11 Å². The topological polar surface area (TPSA) is 80.3 Å². The second-order valence-electron chi connectivity index (χ2n) is 1.41. The molecular formula is C2H6O4S4-2. The highest BCUT2D eigenvalue weighted by Gasteiger charge is 1.60. The fraction of sp³-hybridized carbons (Fsp3) is 1.00. The van der Waals surface area contributed by atoms with E-state index in [2.05, 4.69) is 22.4 Å². The predicted octanol–water partition coefficient (Wildman–Crippen LogP) is -1.01. The Bertz CT molecular complexity index is 212. The molecule has 8 heteroatoms. The van der Waals surface area contributed by atoms with Gasteiger partial charge >= 0.3 is 0 Å². The first-order valence-corrected chi connectivity index (χ1v) is 7.45. The largest absolute Gasteiger partial charge is 0.770 e. The first-order valence-electron chi connectivity index (χ1n) is 1.82. The SMILES string of the molecule is CS(=O)([O-])=S.CS(=O)([O-])=S. The average Bonchev–Trinajstić information content (AvgIpc) is 1.12. The van der Waals surface area contributed by atoms with Crippen LogP contribution in [0.15, 0.2) is 0 Å². The lowest BCUT2D eigenvalue weighted by Crippen LogP contribution is -1.86. The van der Waals surface area contributed by atoms with E-state index in [0.29, 0.717) is 0 Å². The maximum absolute atomic E-state index is 9.45. The first-order chi connectivity index (χ1) is 4.00. The van der Waals surface area contributed by atoms with Gasteiger partial charge in [0.25, 0.3) is 0 Å². The van der Waals surface area contributed by atoms with E-state index in [1.165, 1.54) is 0 Å². The molecule has 0 N–H and O–H groups in total. The molecule has 0 radical (unpaired) electrons. The van der Waals surface area contributed by atoms with Crippen LogP contribution in [0.4, 0.5) is 0 Å². The molecule has 0 rings (SSSR count). The Morgan fingerprint density at radius 2 is 1.00 bits per heavy atom. The molecule has 2 unspecified atom stereocenters. The van der Waals surface area contributed by atoms with Crippen molar-refractivity contribution in [3.05, 3.63) is 0 Å². The van der Waals surface area contributed by atoms with Gasteiger partial charge in [-0.2, -0.15) is 0 Å². The Morgan fingerprint density at radius 3 is 1.00 bits per heavy atom. The summed E-state index contributed by atoms with van der Waals surface area (Å²) in [4.78, 5) is 0. The second-order valence-corrected chi connectivity index (χ2v) is 7.86. The molecule has 0 fully saturated rings. The molecule has 0 aromatic carbocycles. The van der Waals surface area contributed by atoms with Gasteiger partial charge in [0.2, 0.25) is 0 Å². The molecule has 2 atom stereocenters. The van der Waals surface area contributed by atoms with Gasteiger partial charge in [0.05, 0.1) is 0 Å². The van der Waals surface area contributed by atoms with E-state index in [1.807, 2.05) is 0 Å². The molecule has 4 nitrogen and oxygen atoms in total. The van der Waals surface area contributed by atoms with Crippen LogP contribution in [0.3, 0.4) is 0 Å². The zero-order chi connectivity index (χ0) is 9.00. The van der Waals surface area contributed by atoms with E-state index in [4.69, 9.17) is 0 Å². The van der Waals surface area contributed by atoms with E-state index in [9.17, 15) is 17.5 Å². The summed E-state index contributed by atoms with van der Waals surface area (Å²) in [5.74, 6) is 0. The minimum atomic E-state index is -3.08. The van der Waals surface area contributed by atoms with Crippen LogP contribution in [0, 0.1) is 0 Å². The quantitative estimate of drug-likeness (QED) is 0.522. The molecule has 0 aromatic rings. The van der Waals surface area contributed by atoms with Crippen LogP contribution in [0.25, 0.3) is 0 Å². The van der Waals surface area contributed by atoms with Crippen molar-refractivity contribution in [3.8, 4) is 0 Å². The number of hydrogen-bond donors (Lipinski definition) is 0. The van der Waals surface area contributed by atoms with Crippen LogP contribution < -0.4 is 0 Å². The van der Waals surface area contributed by atoms with Crippen LogP contribution in [-0.2, 0) is 39.9 Å². The van der Waals surface area contributed by atoms with Crippen LogP contribution in [-0.4, -0.2) is 30.0 Å². The molecule has 0 aromatic heterocycles. The van der Waals surface area contributed by atoms with Gasteiger partial charge in [-0.25, -0.2) is 0 Å². The second kappa shape index (κ2) is 4.52. The van der Waals surface area contributed by atoms with Crippen molar-refractivity contribution < 1.29 is 17.5 Å². The van der Waals surface area contributed by atoms with Gasteiger partial charge in [-0.15, -0.1) is 0 Å². The van der Waals surface area contributed by atoms with E-state index < -0.39 is 17.5 Å². The van der Waals surface area contributed by atoms with E-state index >= 15 is 0 Å². The van der Waals surface area contributed by atoms with E-state index in [-0.39, 0.29) is 0 Å². The van der Waals surface area contributed by atoms with Gasteiger partial charge in [0, 0.05) is 12.5 Å². The molecule has 10 heavy (non-hydrogen) atoms. The fourth-order valence-corrected chi connectivity index (χ4v) is 0. The van der Waals surface area contributed by atoms with E-state index in [0.717, 1.165) is 12.5 Å². The van der Waals surface area contributed by atoms with Crippen LogP contribution in [0.1, 0.15) is 0 Å². The molecule has 0 amide bonds. The lowest BCUT2D eigenvalue weighted by Gasteiger charge is -1.95. The third-order valence-electron chi connectivity index (χ3n) is 0. The fourth-order valence-electron chi connectivity index (χ4n) is 0. The summed E-state index contributed by atoms with van der Waals surface area (Å²) in [6, 6.07) is 0. The van der Waals surface area contributed by atoms with Crippen LogP contribution in [0.2, 0.25) is 0 Å². The molecule has 0 bridgehead atoms. The summed E-state index contributed by atoms with van der Waals surface area (Å²) in [5.41, 5.74) is 0. The molecular weight excluding hydrogens is 216 g/mol. The molecule has 0 aliphatic heterocycles. The summed E-state index contributed by atoms with van der Waals surface area (Å²) >= 11 is 7.60. The Balaban J connectivity index is 0. The van der Waals surface area contributed by atoms with Crippen molar-refractivity contribution >= 4 is 39.9 Å². The minimum absolute atomic E-state index is 0.975. The van der Waals surface area contributed by atoms with Gasteiger partial charge in [0.1, 0.15) is 0 Å². The third-order valence-corrected chi connectivity index (χ3v) is 0. The highest BCUT2D eigenvalue weighted by Crippen LogP contribution is 1.63. The van der Waals surface area contributed by atoms with Gasteiger partial charge in [-0.1, -0.05) is 0 Å². The smallest absolute Gasteiger partial charge is 0.00199 e. The number of rotatable bonds is 0. The van der Waals surface area contributed by atoms with E-state index in [1.54, 1.807) is 0 Å². The molecule has 0 spiro atoms. The van der Waals surface area contributed by atoms with Gasteiger partial charge in [-0.3, -0.25) is 8.42 Å². The Morgan fingerprint density at radius 1 is 1.00 bits per heavy atom. The minimum Gasteiger partial charge on any atom is -0.770 e. The standard InChI is InChI=1S/2CH4O2S2/c2*1-5(2,3)4/h2*1H3,(H,2,3,4)/p-2. The highest BCUT2D eigenvalue weighted by molar-refractivity contribution is 8.29. The van der Waals surface area contributed by atoms with Crippen molar-refractivity contribution in [2.24, 2.45) is 0 Å². The molecule has 0 saturated heterocycles. The summed E-state index contributed by atoms with van der Waals surface area (Å²) in [6.45, 7) is 0. The molecule has 0 aliphatic rings. The van der Waals surface area contributed by atoms with Crippen molar-refractivity contribution in [2.75, 3.05) is 12.5 Å². The Kier molecular flexibility index (Phi) is 6.00. The zero-order valence-corrected chi connectivity index (χ0v) is 8.53. The predicted molar refractivity (Wildman–Crippen MR) is 44.4 cm³/mol. The number of hydrogen-bond acceptors (Lipinski definition) is 6. The molecule has 0 heterocycles. The molecule has 0 aliphatic carbocycles. The van der Waals surface area contributed by atoms with Crippen molar-refractivity contribution in [3.63, 3.8) is 0 Å².